The summed E-state index contributed by atoms with van der Waals surface area (Å²) >= 11 is 1.67. The van der Waals surface area contributed by atoms with Gasteiger partial charge >= 0.3 is 0 Å². The fourth-order valence-corrected chi connectivity index (χ4v) is 1.90. The van der Waals surface area contributed by atoms with Crippen LogP contribution < -0.4 is 5.32 Å². The highest BCUT2D eigenvalue weighted by molar-refractivity contribution is 7.09. The molecule has 0 aliphatic rings. The molecule has 0 saturated heterocycles. The number of aliphatic hydroxyl groups is 1. The summed E-state index contributed by atoms with van der Waals surface area (Å²) < 4.78 is 0. The molecule has 1 aromatic rings. The van der Waals surface area contributed by atoms with Crippen molar-refractivity contribution >= 4 is 11.3 Å². The lowest BCUT2D eigenvalue weighted by Crippen LogP contribution is -2.22. The van der Waals surface area contributed by atoms with Crippen molar-refractivity contribution < 1.29 is 5.11 Å². The first-order chi connectivity index (χ1) is 6.59. The third-order valence-electron chi connectivity index (χ3n) is 2.09. The summed E-state index contributed by atoms with van der Waals surface area (Å²) in [6.45, 7) is 6.74. The van der Waals surface area contributed by atoms with Gasteiger partial charge in [-0.1, -0.05) is 0 Å². The summed E-state index contributed by atoms with van der Waals surface area (Å²) in [5.74, 6) is 0. The molecule has 1 aromatic heterocycles. The molecule has 0 aromatic carbocycles. The van der Waals surface area contributed by atoms with Crippen LogP contribution in [0.3, 0.4) is 0 Å². The predicted octanol–water partition coefficient (Wildman–Crippen LogP) is 1.87. The monoisotopic (exact) mass is 214 g/mol. The highest BCUT2D eigenvalue weighted by Gasteiger charge is 2.07. The molecule has 0 bridgehead atoms. The van der Waals surface area contributed by atoms with E-state index in [1.807, 2.05) is 6.92 Å². The van der Waals surface area contributed by atoms with E-state index < -0.39 is 0 Å². The van der Waals surface area contributed by atoms with Crippen LogP contribution in [0.1, 0.15) is 37.0 Å². The number of nitrogens with zero attached hydrogens (tertiary/aromatic N) is 1. The lowest BCUT2D eigenvalue weighted by Gasteiger charge is -2.12. The van der Waals surface area contributed by atoms with E-state index in [-0.39, 0.29) is 12.1 Å². The van der Waals surface area contributed by atoms with Gasteiger partial charge in [-0.15, -0.1) is 11.3 Å². The smallest absolute Gasteiger partial charge is 0.0898 e. The van der Waals surface area contributed by atoms with Gasteiger partial charge in [0.25, 0.3) is 0 Å². The van der Waals surface area contributed by atoms with Crippen molar-refractivity contribution in [2.24, 2.45) is 0 Å². The van der Waals surface area contributed by atoms with Gasteiger partial charge in [0.15, 0.2) is 0 Å². The Kier molecular flexibility index (Phi) is 4.51. The molecule has 0 fully saturated rings. The maximum absolute atomic E-state index is 9.09. The molecule has 0 radical (unpaired) electrons. The molecule has 2 unspecified atom stereocenters. The van der Waals surface area contributed by atoms with E-state index in [0.717, 1.165) is 23.7 Å². The SMILES string of the molecule is Cc1nc(C(C)NCCC(C)O)cs1. The molecule has 0 aliphatic carbocycles. The fraction of sp³-hybridized carbons (Fsp3) is 0.700. The van der Waals surface area contributed by atoms with Crippen LogP contribution in [0.15, 0.2) is 5.38 Å². The lowest BCUT2D eigenvalue weighted by molar-refractivity contribution is 0.182. The minimum atomic E-state index is -0.230. The van der Waals surface area contributed by atoms with Gasteiger partial charge in [-0.25, -0.2) is 4.98 Å². The van der Waals surface area contributed by atoms with Crippen molar-refractivity contribution in [3.05, 3.63) is 16.1 Å². The molecule has 0 spiro atoms. The highest BCUT2D eigenvalue weighted by atomic mass is 32.1. The molecule has 80 valence electrons. The molecule has 4 heteroatoms. The molecule has 2 N–H and O–H groups in total. The van der Waals surface area contributed by atoms with Gasteiger partial charge in [0.1, 0.15) is 0 Å². The zero-order valence-electron chi connectivity index (χ0n) is 8.95. The molecular weight excluding hydrogens is 196 g/mol. The van der Waals surface area contributed by atoms with E-state index in [2.05, 4.69) is 22.6 Å². The second kappa shape index (κ2) is 5.44. The van der Waals surface area contributed by atoms with Crippen LogP contribution in [0.5, 0.6) is 0 Å². The van der Waals surface area contributed by atoms with E-state index in [9.17, 15) is 0 Å². The predicted molar refractivity (Wildman–Crippen MR) is 59.6 cm³/mol. The quantitative estimate of drug-likeness (QED) is 0.786. The first kappa shape index (κ1) is 11.6. The molecule has 0 aliphatic heterocycles. The summed E-state index contributed by atoms with van der Waals surface area (Å²) in [4.78, 5) is 4.40. The Labute approximate surface area is 89.2 Å². The van der Waals surface area contributed by atoms with Crippen molar-refractivity contribution in [1.82, 2.24) is 10.3 Å². The fourth-order valence-electron chi connectivity index (χ4n) is 1.19. The minimum Gasteiger partial charge on any atom is -0.393 e. The zero-order valence-corrected chi connectivity index (χ0v) is 9.77. The average molecular weight is 214 g/mol. The number of hydrogen-bond donors (Lipinski definition) is 2. The van der Waals surface area contributed by atoms with Crippen molar-refractivity contribution in [1.29, 1.82) is 0 Å². The van der Waals surface area contributed by atoms with Crippen molar-refractivity contribution in [2.45, 2.75) is 39.3 Å². The minimum absolute atomic E-state index is 0.230. The maximum Gasteiger partial charge on any atom is 0.0898 e. The summed E-state index contributed by atoms with van der Waals surface area (Å²) in [6.07, 6.45) is 0.555. The molecular formula is C10H18N2OS. The Hall–Kier alpha value is -0.450. The number of aromatic nitrogens is 1. The van der Waals surface area contributed by atoms with Crippen LogP contribution in [-0.2, 0) is 0 Å². The number of thiazole rings is 1. The third-order valence-corrected chi connectivity index (χ3v) is 2.88. The topological polar surface area (TPSA) is 45.2 Å². The van der Waals surface area contributed by atoms with Gasteiger partial charge in [-0.2, -0.15) is 0 Å². The van der Waals surface area contributed by atoms with Crippen LogP contribution in [0.4, 0.5) is 0 Å². The normalized spacial score (nSPS) is 15.4. The number of aryl methyl sites for hydroxylation is 1. The summed E-state index contributed by atoms with van der Waals surface area (Å²) in [5, 5.41) is 15.6. The maximum atomic E-state index is 9.09. The summed E-state index contributed by atoms with van der Waals surface area (Å²) in [6, 6.07) is 0.277. The molecule has 0 amide bonds. The van der Waals surface area contributed by atoms with Gasteiger partial charge in [0.05, 0.1) is 16.8 Å². The van der Waals surface area contributed by atoms with E-state index >= 15 is 0 Å². The second-order valence-electron chi connectivity index (χ2n) is 3.60. The standard InChI is InChI=1S/C10H18N2OS/c1-7(13)4-5-11-8(2)10-6-14-9(3)12-10/h6-8,11,13H,4-5H2,1-3H3. The molecule has 1 heterocycles. The number of rotatable bonds is 5. The average Bonchev–Trinajstić information content (AvgIpc) is 2.51. The largest absolute Gasteiger partial charge is 0.393 e. The lowest BCUT2D eigenvalue weighted by atomic mass is 10.2. The summed E-state index contributed by atoms with van der Waals surface area (Å²) in [5.41, 5.74) is 1.10. The van der Waals surface area contributed by atoms with Gasteiger partial charge in [-0.3, -0.25) is 0 Å². The van der Waals surface area contributed by atoms with Gasteiger partial charge < -0.3 is 10.4 Å². The van der Waals surface area contributed by atoms with Crippen molar-refractivity contribution in [3.63, 3.8) is 0 Å². The highest BCUT2D eigenvalue weighted by Crippen LogP contribution is 2.15. The Balaban J connectivity index is 2.32. The molecule has 14 heavy (non-hydrogen) atoms. The first-order valence-corrected chi connectivity index (χ1v) is 5.81. The number of hydrogen-bond acceptors (Lipinski definition) is 4. The van der Waals surface area contributed by atoms with E-state index in [1.165, 1.54) is 0 Å². The van der Waals surface area contributed by atoms with Gasteiger partial charge in [0.2, 0.25) is 0 Å². The molecule has 1 rings (SSSR count). The van der Waals surface area contributed by atoms with Gasteiger partial charge in [-0.05, 0) is 33.7 Å². The second-order valence-corrected chi connectivity index (χ2v) is 4.67. The van der Waals surface area contributed by atoms with Crippen molar-refractivity contribution in [2.75, 3.05) is 6.54 Å². The van der Waals surface area contributed by atoms with E-state index in [0.29, 0.717) is 0 Å². The third kappa shape index (κ3) is 3.74. The number of aliphatic hydroxyl groups excluding tert-OH is 1. The van der Waals surface area contributed by atoms with Crippen LogP contribution in [0, 0.1) is 6.92 Å². The van der Waals surface area contributed by atoms with Crippen LogP contribution in [0.2, 0.25) is 0 Å². The van der Waals surface area contributed by atoms with E-state index in [4.69, 9.17) is 5.11 Å². The van der Waals surface area contributed by atoms with Crippen LogP contribution in [0.25, 0.3) is 0 Å². The van der Waals surface area contributed by atoms with Crippen LogP contribution >= 0.6 is 11.3 Å². The van der Waals surface area contributed by atoms with Crippen molar-refractivity contribution in [3.8, 4) is 0 Å². The Bertz CT molecular complexity index is 273. The Morgan fingerprint density at radius 1 is 1.57 bits per heavy atom. The molecule has 3 nitrogen and oxygen atoms in total. The van der Waals surface area contributed by atoms with Crippen LogP contribution in [-0.4, -0.2) is 22.7 Å². The Morgan fingerprint density at radius 2 is 2.29 bits per heavy atom. The molecule has 0 saturated carbocycles. The molecule has 2 atom stereocenters. The summed E-state index contributed by atoms with van der Waals surface area (Å²) in [7, 11) is 0. The zero-order chi connectivity index (χ0) is 10.6. The van der Waals surface area contributed by atoms with E-state index in [1.54, 1.807) is 18.3 Å². The van der Waals surface area contributed by atoms with Gasteiger partial charge in [0, 0.05) is 11.4 Å². The first-order valence-electron chi connectivity index (χ1n) is 4.93. The number of nitrogens with one attached hydrogen (secondary N) is 1. The Morgan fingerprint density at radius 3 is 2.79 bits per heavy atom.